The van der Waals surface area contributed by atoms with Gasteiger partial charge in [-0.1, -0.05) is 0 Å². The van der Waals surface area contributed by atoms with E-state index in [4.69, 9.17) is 0 Å². The number of carbonyl (C=O) groups excluding carboxylic acids is 1. The zero-order valence-corrected chi connectivity index (χ0v) is 13.2. The molecule has 0 unspecified atom stereocenters. The van der Waals surface area contributed by atoms with Crippen LogP contribution in [0.1, 0.15) is 23.0 Å². The van der Waals surface area contributed by atoms with E-state index in [1.54, 1.807) is 53.7 Å². The third-order valence-corrected chi connectivity index (χ3v) is 3.64. The lowest BCUT2D eigenvalue weighted by molar-refractivity contribution is 0.102. The molecule has 2 heterocycles. The van der Waals surface area contributed by atoms with Crippen molar-refractivity contribution in [1.82, 2.24) is 19.3 Å². The summed E-state index contributed by atoms with van der Waals surface area (Å²) in [5.41, 5.74) is 2.12. The molecule has 1 aromatic carbocycles. The first-order chi connectivity index (χ1) is 11.0. The molecule has 0 spiro atoms. The number of benzene rings is 1. The highest BCUT2D eigenvalue weighted by molar-refractivity contribution is 6.05. The van der Waals surface area contributed by atoms with Gasteiger partial charge in [0.2, 0.25) is 0 Å². The number of hydrogen-bond acceptors (Lipinski definition) is 4. The number of rotatable bonds is 3. The topological polar surface area (TPSA) is 81.8 Å². The lowest BCUT2D eigenvalue weighted by Gasteiger charge is -2.10. The number of nitrogens with one attached hydrogen (secondary N) is 1. The molecule has 7 nitrogen and oxygen atoms in total. The van der Waals surface area contributed by atoms with Crippen molar-refractivity contribution in [2.75, 3.05) is 5.32 Å². The van der Waals surface area contributed by atoms with Crippen LogP contribution in [-0.4, -0.2) is 25.2 Å². The second-order valence-corrected chi connectivity index (χ2v) is 5.28. The summed E-state index contributed by atoms with van der Waals surface area (Å²) in [4.78, 5) is 28.7. The molecule has 0 bridgehead atoms. The van der Waals surface area contributed by atoms with Crippen LogP contribution in [0.3, 0.4) is 0 Å². The van der Waals surface area contributed by atoms with Gasteiger partial charge in [-0.25, -0.2) is 4.98 Å². The fourth-order valence-electron chi connectivity index (χ4n) is 2.50. The Hall–Kier alpha value is -2.96. The fraction of sp³-hybridized carbons (Fsp3) is 0.250. The Morgan fingerprint density at radius 3 is 2.74 bits per heavy atom. The number of carbonyl (C=O) groups is 1. The van der Waals surface area contributed by atoms with Crippen LogP contribution < -0.4 is 10.9 Å². The summed E-state index contributed by atoms with van der Waals surface area (Å²) in [6, 6.07) is 6.84. The molecular formula is C16H17N5O2. The monoisotopic (exact) mass is 311 g/mol. The number of aromatic nitrogens is 4. The standard InChI is InChI=1S/C16H17N5O2/c1-4-21-13-6-5-11(9-12(13)17-10(2)16(21)23)15(22)18-14-7-8-20(3)19-14/h5-9H,4H2,1-3H3,(H,18,19,22). The van der Waals surface area contributed by atoms with Crippen LogP contribution in [-0.2, 0) is 13.6 Å². The van der Waals surface area contributed by atoms with Crippen molar-refractivity contribution in [3.05, 3.63) is 52.1 Å². The smallest absolute Gasteiger partial charge is 0.272 e. The molecule has 118 valence electrons. The minimum atomic E-state index is -0.265. The van der Waals surface area contributed by atoms with E-state index in [0.717, 1.165) is 5.52 Å². The predicted octanol–water partition coefficient (Wildman–Crippen LogP) is 1.71. The Labute approximate surface area is 132 Å². The van der Waals surface area contributed by atoms with Crippen molar-refractivity contribution in [2.24, 2.45) is 7.05 Å². The van der Waals surface area contributed by atoms with Gasteiger partial charge < -0.3 is 9.88 Å². The summed E-state index contributed by atoms with van der Waals surface area (Å²) >= 11 is 0. The molecule has 3 rings (SSSR count). The molecule has 0 aliphatic carbocycles. The third-order valence-electron chi connectivity index (χ3n) is 3.64. The van der Waals surface area contributed by atoms with E-state index in [-0.39, 0.29) is 11.5 Å². The molecule has 3 aromatic rings. The molecule has 7 heteroatoms. The summed E-state index contributed by atoms with van der Waals surface area (Å²) in [6.07, 6.45) is 1.75. The SMILES string of the molecule is CCn1c(=O)c(C)nc2cc(C(=O)Nc3ccn(C)n3)ccc21. The predicted molar refractivity (Wildman–Crippen MR) is 87.6 cm³/mol. The molecule has 0 radical (unpaired) electrons. The minimum absolute atomic E-state index is 0.106. The first-order valence-corrected chi connectivity index (χ1v) is 7.32. The number of anilines is 1. The Kier molecular flexibility index (Phi) is 3.69. The van der Waals surface area contributed by atoms with Gasteiger partial charge in [-0.3, -0.25) is 14.3 Å². The average molecular weight is 311 g/mol. The second-order valence-electron chi connectivity index (χ2n) is 5.28. The fourth-order valence-corrected chi connectivity index (χ4v) is 2.50. The highest BCUT2D eigenvalue weighted by atomic mass is 16.1. The van der Waals surface area contributed by atoms with Crippen molar-refractivity contribution in [3.63, 3.8) is 0 Å². The van der Waals surface area contributed by atoms with E-state index < -0.39 is 0 Å². The maximum Gasteiger partial charge on any atom is 0.272 e. The summed E-state index contributed by atoms with van der Waals surface area (Å²) in [5, 5.41) is 6.85. The maximum absolute atomic E-state index is 12.3. The van der Waals surface area contributed by atoms with Gasteiger partial charge in [-0.15, -0.1) is 0 Å². The largest absolute Gasteiger partial charge is 0.305 e. The van der Waals surface area contributed by atoms with Gasteiger partial charge in [0.05, 0.1) is 11.0 Å². The molecule has 0 fully saturated rings. The summed E-state index contributed by atoms with van der Waals surface area (Å²) < 4.78 is 3.26. The van der Waals surface area contributed by atoms with E-state index >= 15 is 0 Å². The van der Waals surface area contributed by atoms with E-state index in [2.05, 4.69) is 15.4 Å². The molecule has 0 atom stereocenters. The normalized spacial score (nSPS) is 10.9. The number of hydrogen-bond donors (Lipinski definition) is 1. The molecule has 2 aromatic heterocycles. The van der Waals surface area contributed by atoms with Crippen LogP contribution in [0.15, 0.2) is 35.3 Å². The van der Waals surface area contributed by atoms with Gasteiger partial charge in [0.1, 0.15) is 5.69 Å². The molecule has 23 heavy (non-hydrogen) atoms. The molecule has 1 amide bonds. The van der Waals surface area contributed by atoms with E-state index in [9.17, 15) is 9.59 Å². The van der Waals surface area contributed by atoms with Crippen molar-refractivity contribution in [3.8, 4) is 0 Å². The van der Waals surface area contributed by atoms with Crippen molar-refractivity contribution >= 4 is 22.8 Å². The quantitative estimate of drug-likeness (QED) is 0.798. The highest BCUT2D eigenvalue weighted by Gasteiger charge is 2.12. The second kappa shape index (κ2) is 5.68. The van der Waals surface area contributed by atoms with Crippen LogP contribution in [0.4, 0.5) is 5.82 Å². The average Bonchev–Trinajstić information content (AvgIpc) is 2.93. The third kappa shape index (κ3) is 2.73. The number of fused-ring (bicyclic) bond motifs is 1. The first kappa shape index (κ1) is 15.0. The van der Waals surface area contributed by atoms with Gasteiger partial charge in [0.25, 0.3) is 11.5 Å². The van der Waals surface area contributed by atoms with Gasteiger partial charge in [-0.2, -0.15) is 5.10 Å². The van der Waals surface area contributed by atoms with Gasteiger partial charge >= 0.3 is 0 Å². The summed E-state index contributed by atoms with van der Waals surface area (Å²) in [7, 11) is 1.78. The van der Waals surface area contributed by atoms with Crippen LogP contribution in [0, 0.1) is 6.92 Å². The highest BCUT2D eigenvalue weighted by Crippen LogP contribution is 2.15. The molecule has 0 aliphatic heterocycles. The summed E-state index contributed by atoms with van der Waals surface area (Å²) in [6.45, 7) is 4.13. The zero-order valence-electron chi connectivity index (χ0n) is 13.2. The minimum Gasteiger partial charge on any atom is -0.305 e. The van der Waals surface area contributed by atoms with Crippen molar-refractivity contribution < 1.29 is 4.79 Å². The van der Waals surface area contributed by atoms with Gasteiger partial charge in [-0.05, 0) is 32.0 Å². The van der Waals surface area contributed by atoms with Crippen LogP contribution in [0.25, 0.3) is 11.0 Å². The maximum atomic E-state index is 12.3. The number of nitrogens with zero attached hydrogens (tertiary/aromatic N) is 4. The number of aryl methyl sites for hydroxylation is 3. The molecule has 1 N–H and O–H groups in total. The number of amides is 1. The van der Waals surface area contributed by atoms with E-state index in [1.165, 1.54) is 0 Å². The molecule has 0 saturated heterocycles. The van der Waals surface area contributed by atoms with Crippen LogP contribution >= 0.6 is 0 Å². The molecule has 0 aliphatic rings. The lowest BCUT2D eigenvalue weighted by Crippen LogP contribution is -2.23. The van der Waals surface area contributed by atoms with E-state index in [0.29, 0.717) is 29.1 Å². The Morgan fingerprint density at radius 2 is 2.09 bits per heavy atom. The van der Waals surface area contributed by atoms with Gasteiger partial charge in [0.15, 0.2) is 5.82 Å². The zero-order chi connectivity index (χ0) is 16.6. The van der Waals surface area contributed by atoms with Gasteiger partial charge in [0, 0.05) is 31.4 Å². The van der Waals surface area contributed by atoms with Crippen LogP contribution in [0.5, 0.6) is 0 Å². The Balaban J connectivity index is 2.01. The van der Waals surface area contributed by atoms with Crippen LogP contribution in [0.2, 0.25) is 0 Å². The molecular weight excluding hydrogens is 294 g/mol. The summed E-state index contributed by atoms with van der Waals surface area (Å²) in [5.74, 6) is 0.222. The Bertz CT molecular complexity index is 955. The van der Waals surface area contributed by atoms with Crippen molar-refractivity contribution in [1.29, 1.82) is 0 Å². The molecule has 0 saturated carbocycles. The van der Waals surface area contributed by atoms with Crippen molar-refractivity contribution in [2.45, 2.75) is 20.4 Å². The first-order valence-electron chi connectivity index (χ1n) is 7.32. The lowest BCUT2D eigenvalue weighted by atomic mass is 10.1. The van der Waals surface area contributed by atoms with E-state index in [1.807, 2.05) is 6.92 Å². The Morgan fingerprint density at radius 1 is 1.30 bits per heavy atom.